The van der Waals surface area contributed by atoms with E-state index in [0.29, 0.717) is 6.42 Å². The van der Waals surface area contributed by atoms with Crippen LogP contribution in [0.1, 0.15) is 6.42 Å². The predicted octanol–water partition coefficient (Wildman–Crippen LogP) is -0.281. The van der Waals surface area contributed by atoms with Gasteiger partial charge in [-0.25, -0.2) is 0 Å². The fraction of sp³-hybridized carbons (Fsp3) is 0.400. The summed E-state index contributed by atoms with van der Waals surface area (Å²) in [6, 6.07) is 0.0306. The Morgan fingerprint density at radius 2 is 2.14 bits per heavy atom. The van der Waals surface area contributed by atoms with Crippen molar-refractivity contribution in [2.45, 2.75) is 12.5 Å². The molecular weight excluding hydrogens is 180 g/mol. The quantitative estimate of drug-likeness (QED) is 0.561. The Hall–Kier alpha value is -1.58. The van der Waals surface area contributed by atoms with E-state index in [9.17, 15) is 9.59 Å². The predicted molar refractivity (Wildman–Crippen MR) is 51.0 cm³/mol. The summed E-state index contributed by atoms with van der Waals surface area (Å²) in [5.74, 6) is -1.26. The monoisotopic (exact) mass is 192 g/mol. The van der Waals surface area contributed by atoms with Crippen molar-refractivity contribution in [3.8, 4) is 0 Å². The Bertz CT molecular complexity index is 333. The SMILES string of the molecule is NC(=O)C1CC2C=CC=CC2NC1=O. The molecule has 3 N–H and O–H groups in total. The summed E-state index contributed by atoms with van der Waals surface area (Å²) in [5.41, 5.74) is 5.14. The zero-order valence-electron chi connectivity index (χ0n) is 7.64. The first-order valence-corrected chi connectivity index (χ1v) is 4.63. The summed E-state index contributed by atoms with van der Waals surface area (Å²) in [5, 5.41) is 2.77. The molecule has 4 heteroatoms. The molecule has 1 aliphatic carbocycles. The molecule has 0 saturated carbocycles. The Kier molecular flexibility index (Phi) is 2.11. The molecular formula is C10H12N2O2. The van der Waals surface area contributed by atoms with Gasteiger partial charge in [-0.15, -0.1) is 0 Å². The number of carbonyl (C=O) groups is 2. The van der Waals surface area contributed by atoms with Crippen LogP contribution < -0.4 is 11.1 Å². The molecule has 14 heavy (non-hydrogen) atoms. The Labute approximate surface area is 81.8 Å². The highest BCUT2D eigenvalue weighted by Gasteiger charge is 2.36. The van der Waals surface area contributed by atoms with Gasteiger partial charge in [0.2, 0.25) is 11.8 Å². The van der Waals surface area contributed by atoms with Gasteiger partial charge in [-0.1, -0.05) is 24.3 Å². The van der Waals surface area contributed by atoms with Gasteiger partial charge in [0.15, 0.2) is 0 Å². The minimum Gasteiger partial charge on any atom is -0.369 e. The van der Waals surface area contributed by atoms with Crippen molar-refractivity contribution >= 4 is 11.8 Å². The van der Waals surface area contributed by atoms with Gasteiger partial charge in [-0.3, -0.25) is 9.59 Å². The fourth-order valence-electron chi connectivity index (χ4n) is 1.92. The fourth-order valence-corrected chi connectivity index (χ4v) is 1.92. The molecule has 2 amide bonds. The minimum atomic E-state index is -0.674. The van der Waals surface area contributed by atoms with Crippen molar-refractivity contribution in [3.63, 3.8) is 0 Å². The Balaban J connectivity index is 2.16. The number of rotatable bonds is 1. The van der Waals surface area contributed by atoms with Crippen LogP contribution in [0.2, 0.25) is 0 Å². The number of carbonyl (C=O) groups excluding carboxylic acids is 2. The highest BCUT2D eigenvalue weighted by Crippen LogP contribution is 2.25. The standard InChI is InChI=1S/C10H12N2O2/c11-9(13)7-5-6-3-1-2-4-8(6)12-10(7)14/h1-4,6-8H,5H2,(H2,11,13)(H,12,14). The molecule has 1 heterocycles. The number of piperidine rings is 1. The number of hydrogen-bond acceptors (Lipinski definition) is 2. The van der Waals surface area contributed by atoms with E-state index in [-0.39, 0.29) is 17.9 Å². The smallest absolute Gasteiger partial charge is 0.233 e. The van der Waals surface area contributed by atoms with Crippen LogP contribution in [0.25, 0.3) is 0 Å². The van der Waals surface area contributed by atoms with Crippen LogP contribution in [0.5, 0.6) is 0 Å². The molecule has 0 aromatic heterocycles. The molecule has 0 aromatic rings. The molecule has 1 aliphatic heterocycles. The van der Waals surface area contributed by atoms with Crippen molar-refractivity contribution in [1.82, 2.24) is 5.32 Å². The van der Waals surface area contributed by atoms with Gasteiger partial charge in [-0.2, -0.15) is 0 Å². The van der Waals surface area contributed by atoms with Crippen LogP contribution >= 0.6 is 0 Å². The topological polar surface area (TPSA) is 72.2 Å². The Morgan fingerprint density at radius 1 is 1.43 bits per heavy atom. The maximum absolute atomic E-state index is 11.4. The number of allylic oxidation sites excluding steroid dienone is 2. The van der Waals surface area contributed by atoms with E-state index in [0.717, 1.165) is 0 Å². The van der Waals surface area contributed by atoms with E-state index in [1.165, 1.54) is 0 Å². The molecule has 3 unspecified atom stereocenters. The lowest BCUT2D eigenvalue weighted by atomic mass is 9.81. The zero-order valence-corrected chi connectivity index (χ0v) is 7.64. The van der Waals surface area contributed by atoms with Gasteiger partial charge in [0, 0.05) is 5.92 Å². The van der Waals surface area contributed by atoms with Crippen LogP contribution in [0.15, 0.2) is 24.3 Å². The first kappa shape index (κ1) is 8.99. The molecule has 74 valence electrons. The van der Waals surface area contributed by atoms with Gasteiger partial charge in [0.25, 0.3) is 0 Å². The summed E-state index contributed by atoms with van der Waals surface area (Å²) in [6.07, 6.45) is 8.27. The molecule has 0 spiro atoms. The van der Waals surface area contributed by atoms with E-state index < -0.39 is 11.8 Å². The second-order valence-electron chi connectivity index (χ2n) is 3.66. The highest BCUT2D eigenvalue weighted by molar-refractivity contribution is 6.00. The third-order valence-corrected chi connectivity index (χ3v) is 2.73. The van der Waals surface area contributed by atoms with Crippen LogP contribution in [-0.2, 0) is 9.59 Å². The molecule has 0 bridgehead atoms. The third-order valence-electron chi connectivity index (χ3n) is 2.73. The average molecular weight is 192 g/mol. The van der Waals surface area contributed by atoms with Crippen molar-refractivity contribution in [1.29, 1.82) is 0 Å². The lowest BCUT2D eigenvalue weighted by molar-refractivity contribution is -0.136. The molecule has 2 aliphatic rings. The van der Waals surface area contributed by atoms with Crippen molar-refractivity contribution in [3.05, 3.63) is 24.3 Å². The zero-order chi connectivity index (χ0) is 10.1. The van der Waals surface area contributed by atoms with Crippen molar-refractivity contribution in [2.75, 3.05) is 0 Å². The van der Waals surface area contributed by atoms with Crippen LogP contribution in [0.3, 0.4) is 0 Å². The first-order chi connectivity index (χ1) is 6.68. The van der Waals surface area contributed by atoms with E-state index in [1.54, 1.807) is 0 Å². The molecule has 0 radical (unpaired) electrons. The minimum absolute atomic E-state index is 0.0306. The average Bonchev–Trinajstić information content (AvgIpc) is 2.16. The molecule has 1 saturated heterocycles. The lowest BCUT2D eigenvalue weighted by Gasteiger charge is -2.33. The normalized spacial score (nSPS) is 34.9. The van der Waals surface area contributed by atoms with Crippen molar-refractivity contribution < 1.29 is 9.59 Å². The maximum atomic E-state index is 11.4. The second kappa shape index (κ2) is 3.29. The van der Waals surface area contributed by atoms with Gasteiger partial charge in [0.1, 0.15) is 5.92 Å². The van der Waals surface area contributed by atoms with Gasteiger partial charge < -0.3 is 11.1 Å². The summed E-state index contributed by atoms with van der Waals surface area (Å²) in [7, 11) is 0. The lowest BCUT2D eigenvalue weighted by Crippen LogP contribution is -2.52. The number of hydrogen-bond donors (Lipinski definition) is 2. The van der Waals surface area contributed by atoms with Crippen LogP contribution in [0, 0.1) is 11.8 Å². The van der Waals surface area contributed by atoms with Gasteiger partial charge in [0.05, 0.1) is 6.04 Å². The highest BCUT2D eigenvalue weighted by atomic mass is 16.2. The Morgan fingerprint density at radius 3 is 2.86 bits per heavy atom. The van der Waals surface area contributed by atoms with Crippen molar-refractivity contribution in [2.24, 2.45) is 17.6 Å². The van der Waals surface area contributed by atoms with E-state index in [2.05, 4.69) is 5.32 Å². The summed E-state index contributed by atoms with van der Waals surface area (Å²) >= 11 is 0. The second-order valence-corrected chi connectivity index (χ2v) is 3.66. The molecule has 0 aromatic carbocycles. The number of primary amides is 1. The number of nitrogens with two attached hydrogens (primary N) is 1. The third kappa shape index (κ3) is 1.43. The number of amides is 2. The van der Waals surface area contributed by atoms with E-state index in [1.807, 2.05) is 24.3 Å². The molecule has 4 nitrogen and oxygen atoms in total. The van der Waals surface area contributed by atoms with E-state index >= 15 is 0 Å². The maximum Gasteiger partial charge on any atom is 0.233 e. The summed E-state index contributed by atoms with van der Waals surface area (Å²) in [4.78, 5) is 22.4. The van der Waals surface area contributed by atoms with E-state index in [4.69, 9.17) is 5.73 Å². The van der Waals surface area contributed by atoms with Crippen LogP contribution in [0.4, 0.5) is 0 Å². The number of fused-ring (bicyclic) bond motifs is 1. The largest absolute Gasteiger partial charge is 0.369 e. The summed E-state index contributed by atoms with van der Waals surface area (Å²) < 4.78 is 0. The molecule has 2 rings (SSSR count). The summed E-state index contributed by atoms with van der Waals surface area (Å²) in [6.45, 7) is 0. The van der Waals surface area contributed by atoms with Crippen LogP contribution in [-0.4, -0.2) is 17.9 Å². The van der Waals surface area contributed by atoms with Gasteiger partial charge in [-0.05, 0) is 6.42 Å². The number of nitrogens with one attached hydrogen (secondary N) is 1. The van der Waals surface area contributed by atoms with Gasteiger partial charge >= 0.3 is 0 Å². The molecule has 3 atom stereocenters. The first-order valence-electron chi connectivity index (χ1n) is 4.63. The molecule has 1 fully saturated rings.